The van der Waals surface area contributed by atoms with Crippen LogP contribution in [0.15, 0.2) is 151 Å². The number of imidazole rings is 2. The number of aliphatic imine (C=N–C) groups is 1. The summed E-state index contributed by atoms with van der Waals surface area (Å²) in [6, 6.07) is 49.2. The molecule has 0 atom stereocenters. The van der Waals surface area contributed by atoms with E-state index >= 15 is 0 Å². The number of para-hydroxylation sites is 8. The number of anilines is 2. The molecule has 0 unspecified atom stereocenters. The molecule has 6 aromatic carbocycles. The van der Waals surface area contributed by atoms with E-state index in [0.717, 1.165) is 61.5 Å². The second kappa shape index (κ2) is 13.9. The van der Waals surface area contributed by atoms with Crippen LogP contribution in [0, 0.1) is 20.8 Å². The van der Waals surface area contributed by atoms with Gasteiger partial charge < -0.3 is 4.90 Å². The van der Waals surface area contributed by atoms with E-state index in [9.17, 15) is 0 Å². The lowest BCUT2D eigenvalue weighted by Gasteiger charge is -2.23. The van der Waals surface area contributed by atoms with Crippen LogP contribution in [0.2, 0.25) is 0 Å². The van der Waals surface area contributed by atoms with Crippen molar-refractivity contribution in [2.24, 2.45) is 4.99 Å². The van der Waals surface area contributed by atoms with Gasteiger partial charge in [0.1, 0.15) is 0 Å². The molecule has 0 bridgehead atoms. The number of fused-ring (bicyclic) bond motifs is 2. The molecule has 9 aromatic rings. The second-order valence-corrected chi connectivity index (χ2v) is 13.5. The first-order valence-electron chi connectivity index (χ1n) is 18.2. The van der Waals surface area contributed by atoms with Crippen LogP contribution in [-0.2, 0) is 0 Å². The number of hydrogen-bond acceptors (Lipinski definition) is 7. The summed E-state index contributed by atoms with van der Waals surface area (Å²) in [4.78, 5) is 32.6. The molecule has 0 aliphatic rings. The van der Waals surface area contributed by atoms with E-state index < -0.39 is 0 Å². The predicted octanol–water partition coefficient (Wildman–Crippen LogP) is 10.3. The molecule has 266 valence electrons. The van der Waals surface area contributed by atoms with Gasteiger partial charge in [0.25, 0.3) is 5.95 Å². The molecule has 0 spiro atoms. The van der Waals surface area contributed by atoms with Crippen LogP contribution in [-0.4, -0.2) is 47.3 Å². The van der Waals surface area contributed by atoms with Crippen LogP contribution in [0.1, 0.15) is 22.3 Å². The molecule has 0 aliphatic heterocycles. The summed E-state index contributed by atoms with van der Waals surface area (Å²) in [6.45, 7) is 6.31. The van der Waals surface area contributed by atoms with Gasteiger partial charge in [0.05, 0.1) is 33.4 Å². The average molecular weight is 716 g/mol. The standard InChI is InChI=1S/C46H37N9/c1-30-17-5-11-23-36(30)53(4)39-26-14-8-20-33(39)29-47-46-51-42(44-48-34-21-9-15-27-40(34)54(44)37-24-12-6-18-31(37)2)50-43(52-46)45-49-35-22-10-16-28-41(35)55(45)38-25-13-7-19-32(38)3/h5-29H,1-4H3/b47-29+. The molecule has 0 N–H and O–H groups in total. The Hall–Kier alpha value is -7.26. The van der Waals surface area contributed by atoms with Crippen LogP contribution in [0.25, 0.3) is 56.7 Å². The van der Waals surface area contributed by atoms with Gasteiger partial charge in [-0.05, 0) is 86.0 Å². The number of aromatic nitrogens is 7. The Bertz CT molecular complexity index is 2760. The van der Waals surface area contributed by atoms with Gasteiger partial charge in [-0.3, -0.25) is 9.13 Å². The predicted molar refractivity (Wildman–Crippen MR) is 222 cm³/mol. The van der Waals surface area contributed by atoms with Crippen molar-refractivity contribution in [2.75, 3.05) is 11.9 Å². The Morgan fingerprint density at radius 2 is 0.927 bits per heavy atom. The Morgan fingerprint density at radius 1 is 0.473 bits per heavy atom. The minimum atomic E-state index is 0.236. The van der Waals surface area contributed by atoms with Crippen molar-refractivity contribution in [1.82, 2.24) is 34.1 Å². The summed E-state index contributed by atoms with van der Waals surface area (Å²) in [5.74, 6) is 2.15. The highest BCUT2D eigenvalue weighted by Gasteiger charge is 2.23. The molecule has 0 amide bonds. The third kappa shape index (κ3) is 6.11. The highest BCUT2D eigenvalue weighted by molar-refractivity contribution is 5.91. The van der Waals surface area contributed by atoms with Crippen LogP contribution >= 0.6 is 0 Å². The number of hydrogen-bond donors (Lipinski definition) is 0. The lowest BCUT2D eigenvalue weighted by Crippen LogP contribution is -2.12. The summed E-state index contributed by atoms with van der Waals surface area (Å²) in [6.07, 6.45) is 1.82. The molecule has 0 saturated carbocycles. The topological polar surface area (TPSA) is 89.9 Å². The van der Waals surface area contributed by atoms with Gasteiger partial charge in [-0.15, -0.1) is 0 Å². The van der Waals surface area contributed by atoms with Crippen LogP contribution < -0.4 is 4.90 Å². The Balaban J connectivity index is 1.28. The average Bonchev–Trinajstić information content (AvgIpc) is 3.80. The number of aryl methyl sites for hydroxylation is 3. The first-order chi connectivity index (χ1) is 26.9. The number of rotatable bonds is 8. The van der Waals surface area contributed by atoms with Crippen LogP contribution in [0.4, 0.5) is 17.3 Å². The maximum absolute atomic E-state index is 5.18. The largest absolute Gasteiger partial charge is 0.344 e. The Labute approximate surface area is 319 Å². The van der Waals surface area contributed by atoms with E-state index in [1.165, 1.54) is 5.56 Å². The zero-order valence-corrected chi connectivity index (χ0v) is 31.0. The molecular weight excluding hydrogens is 679 g/mol. The van der Waals surface area contributed by atoms with Crippen molar-refractivity contribution in [3.05, 3.63) is 168 Å². The summed E-state index contributed by atoms with van der Waals surface area (Å²) in [5.41, 5.74) is 11.9. The highest BCUT2D eigenvalue weighted by atomic mass is 15.2. The second-order valence-electron chi connectivity index (χ2n) is 13.5. The van der Waals surface area contributed by atoms with E-state index in [0.29, 0.717) is 23.3 Å². The van der Waals surface area contributed by atoms with Crippen molar-refractivity contribution < 1.29 is 0 Å². The normalized spacial score (nSPS) is 11.6. The Kier molecular flexibility index (Phi) is 8.51. The monoisotopic (exact) mass is 715 g/mol. The van der Waals surface area contributed by atoms with Crippen molar-refractivity contribution >= 4 is 45.6 Å². The number of nitrogens with zero attached hydrogens (tertiary/aromatic N) is 9. The molecule has 9 nitrogen and oxygen atoms in total. The van der Waals surface area contributed by atoms with Gasteiger partial charge in [0, 0.05) is 30.2 Å². The first kappa shape index (κ1) is 33.6. The first-order valence-corrected chi connectivity index (χ1v) is 18.2. The Morgan fingerprint density at radius 3 is 1.47 bits per heavy atom. The van der Waals surface area contributed by atoms with E-state index in [1.807, 2.05) is 85.1 Å². The van der Waals surface area contributed by atoms with Crippen molar-refractivity contribution in [1.29, 1.82) is 0 Å². The molecule has 3 heterocycles. The molecule has 0 fully saturated rings. The fourth-order valence-electron chi connectivity index (χ4n) is 7.19. The molecule has 9 heteroatoms. The highest BCUT2D eigenvalue weighted by Crippen LogP contribution is 2.34. The zero-order chi connectivity index (χ0) is 37.5. The zero-order valence-electron chi connectivity index (χ0n) is 31.0. The molecule has 0 aliphatic carbocycles. The number of benzene rings is 6. The van der Waals surface area contributed by atoms with E-state index in [1.54, 1.807) is 0 Å². The third-order valence-corrected chi connectivity index (χ3v) is 9.95. The van der Waals surface area contributed by atoms with Gasteiger partial charge >= 0.3 is 0 Å². The van der Waals surface area contributed by atoms with Crippen LogP contribution in [0.5, 0.6) is 0 Å². The smallest absolute Gasteiger partial charge is 0.253 e. The summed E-state index contributed by atoms with van der Waals surface area (Å²) < 4.78 is 4.24. The molecule has 55 heavy (non-hydrogen) atoms. The van der Waals surface area contributed by atoms with Gasteiger partial charge in [0.15, 0.2) is 11.6 Å². The molecule has 3 aromatic heterocycles. The SMILES string of the molecule is Cc1ccccc1N(C)c1ccccc1/C=N/c1nc(-c2nc3ccccc3n2-c2ccccc2C)nc(-c2nc3ccccc3n2-c2ccccc2C)n1. The van der Waals surface area contributed by atoms with Gasteiger partial charge in [0.2, 0.25) is 11.6 Å². The van der Waals surface area contributed by atoms with Crippen LogP contribution in [0.3, 0.4) is 0 Å². The summed E-state index contributed by atoms with van der Waals surface area (Å²) >= 11 is 0. The van der Waals surface area contributed by atoms with Gasteiger partial charge in [-0.1, -0.05) is 97.1 Å². The van der Waals surface area contributed by atoms with E-state index in [4.69, 9.17) is 29.9 Å². The molecule has 9 rings (SSSR count). The summed E-state index contributed by atoms with van der Waals surface area (Å²) in [7, 11) is 2.07. The fraction of sp³-hybridized carbons (Fsp3) is 0.0870. The maximum Gasteiger partial charge on any atom is 0.253 e. The lowest BCUT2D eigenvalue weighted by molar-refractivity contribution is 0.969. The minimum Gasteiger partial charge on any atom is -0.344 e. The molecule has 0 radical (unpaired) electrons. The van der Waals surface area contributed by atoms with E-state index in [2.05, 4.69) is 109 Å². The minimum absolute atomic E-state index is 0.236. The maximum atomic E-state index is 5.18. The van der Waals surface area contributed by atoms with Crippen molar-refractivity contribution in [2.45, 2.75) is 20.8 Å². The van der Waals surface area contributed by atoms with Crippen molar-refractivity contribution in [3.63, 3.8) is 0 Å². The quantitative estimate of drug-likeness (QED) is 0.146. The summed E-state index contributed by atoms with van der Waals surface area (Å²) in [5, 5.41) is 0. The van der Waals surface area contributed by atoms with Crippen molar-refractivity contribution in [3.8, 4) is 34.7 Å². The molecular formula is C46H37N9. The van der Waals surface area contributed by atoms with Gasteiger partial charge in [-0.25, -0.2) is 19.9 Å². The lowest BCUT2D eigenvalue weighted by atomic mass is 10.1. The third-order valence-electron chi connectivity index (χ3n) is 9.95. The van der Waals surface area contributed by atoms with Gasteiger partial charge in [-0.2, -0.15) is 9.97 Å². The fourth-order valence-corrected chi connectivity index (χ4v) is 7.19. The van der Waals surface area contributed by atoms with E-state index in [-0.39, 0.29) is 5.95 Å². The molecule has 0 saturated heterocycles.